The minimum absolute atomic E-state index is 0.0404. The third-order valence-corrected chi connectivity index (χ3v) is 7.42. The molecule has 0 radical (unpaired) electrons. The summed E-state index contributed by atoms with van der Waals surface area (Å²) in [5, 5.41) is 4.38. The largest absolute Gasteiger partial charge is 0.462 e. The average molecular weight is 494 g/mol. The van der Waals surface area contributed by atoms with E-state index < -0.39 is 0 Å². The Bertz CT molecular complexity index is 1470. The molecule has 0 bridgehead atoms. The number of ether oxygens (including phenoxy) is 1. The number of fused-ring (bicyclic) bond motifs is 1. The molecule has 6 rings (SSSR count). The van der Waals surface area contributed by atoms with E-state index in [0.29, 0.717) is 0 Å². The van der Waals surface area contributed by atoms with Gasteiger partial charge >= 0.3 is 5.97 Å². The maximum Gasteiger partial charge on any atom is 0.309 e. The zero-order valence-electron chi connectivity index (χ0n) is 21.0. The van der Waals surface area contributed by atoms with E-state index >= 15 is 0 Å². The van der Waals surface area contributed by atoms with E-state index in [-0.39, 0.29) is 18.0 Å². The number of nitrogens with zero attached hydrogens (tertiary/aromatic N) is 3. The van der Waals surface area contributed by atoms with E-state index in [1.54, 1.807) is 6.33 Å². The summed E-state index contributed by atoms with van der Waals surface area (Å²) < 4.78 is 5.79. The SMILES string of the molecule is Cc1cccc(-c2[nH]cnc2-c2ccc3ncc(C4=CCC(C(=O)OC5CCNCC5)CC4)cc3c2)n1. The van der Waals surface area contributed by atoms with Gasteiger partial charge in [0.2, 0.25) is 0 Å². The molecule has 1 atom stereocenters. The molecule has 0 amide bonds. The second-order valence-electron chi connectivity index (χ2n) is 10.0. The Balaban J connectivity index is 1.21. The molecule has 1 aliphatic carbocycles. The Morgan fingerprint density at radius 3 is 2.70 bits per heavy atom. The number of pyridine rings is 2. The molecule has 1 saturated heterocycles. The van der Waals surface area contributed by atoms with E-state index in [9.17, 15) is 4.79 Å². The summed E-state index contributed by atoms with van der Waals surface area (Å²) in [5.74, 6) is -0.0895. The van der Waals surface area contributed by atoms with Gasteiger partial charge in [-0.15, -0.1) is 0 Å². The molecule has 0 spiro atoms. The third-order valence-electron chi connectivity index (χ3n) is 7.42. The van der Waals surface area contributed by atoms with Gasteiger partial charge < -0.3 is 15.0 Å². The maximum absolute atomic E-state index is 12.7. The number of nitrogens with one attached hydrogen (secondary N) is 2. The maximum atomic E-state index is 12.7. The molecule has 188 valence electrons. The first-order valence-electron chi connectivity index (χ1n) is 13.1. The number of aryl methyl sites for hydroxylation is 1. The Hall–Kier alpha value is -3.84. The molecule has 4 heterocycles. The molecule has 1 aromatic carbocycles. The first-order valence-corrected chi connectivity index (χ1v) is 13.1. The van der Waals surface area contributed by atoms with Gasteiger partial charge in [0.25, 0.3) is 0 Å². The Morgan fingerprint density at radius 2 is 1.89 bits per heavy atom. The minimum atomic E-state index is -0.0491. The highest BCUT2D eigenvalue weighted by atomic mass is 16.5. The standard InChI is InChI=1S/C30H31N5O2/c1-19-3-2-4-27(35-19)29-28(33-18-34-29)22-9-10-26-23(15-22)16-24(17-32-26)20-5-7-21(8-6-20)30(36)37-25-11-13-31-14-12-25/h2-5,9-10,15-18,21,25,31H,6-8,11-14H2,1H3,(H,33,34). The summed E-state index contributed by atoms with van der Waals surface area (Å²) in [6.07, 6.45) is 10.1. The van der Waals surface area contributed by atoms with Crippen LogP contribution in [0, 0.1) is 12.8 Å². The van der Waals surface area contributed by atoms with Crippen molar-refractivity contribution in [2.75, 3.05) is 13.1 Å². The van der Waals surface area contributed by atoms with Crippen LogP contribution in [0.25, 0.3) is 39.1 Å². The van der Waals surface area contributed by atoms with Crippen molar-refractivity contribution in [2.45, 2.75) is 45.1 Å². The van der Waals surface area contributed by atoms with E-state index in [0.717, 1.165) is 90.0 Å². The fraction of sp³-hybridized carbons (Fsp3) is 0.333. The molecule has 7 heteroatoms. The van der Waals surface area contributed by atoms with Crippen LogP contribution in [0.3, 0.4) is 0 Å². The topological polar surface area (TPSA) is 92.8 Å². The Morgan fingerprint density at radius 1 is 1.03 bits per heavy atom. The van der Waals surface area contributed by atoms with E-state index in [1.807, 2.05) is 37.4 Å². The van der Waals surface area contributed by atoms with Crippen LogP contribution < -0.4 is 5.32 Å². The van der Waals surface area contributed by atoms with Gasteiger partial charge in [0, 0.05) is 22.8 Å². The van der Waals surface area contributed by atoms with Gasteiger partial charge in [-0.2, -0.15) is 0 Å². The summed E-state index contributed by atoms with van der Waals surface area (Å²) >= 11 is 0. The van der Waals surface area contributed by atoms with Gasteiger partial charge in [-0.25, -0.2) is 4.98 Å². The van der Waals surface area contributed by atoms with Gasteiger partial charge in [-0.05, 0) is 93.6 Å². The van der Waals surface area contributed by atoms with Crippen molar-refractivity contribution in [3.05, 3.63) is 72.3 Å². The normalized spacial score (nSPS) is 18.5. The number of allylic oxidation sites excluding steroid dienone is 2. The number of carbonyl (C=O) groups is 1. The van der Waals surface area contributed by atoms with Gasteiger partial charge in [0.1, 0.15) is 6.10 Å². The van der Waals surface area contributed by atoms with Crippen molar-refractivity contribution in [1.29, 1.82) is 0 Å². The zero-order chi connectivity index (χ0) is 25.2. The lowest BCUT2D eigenvalue weighted by Gasteiger charge is -2.26. The molecule has 7 nitrogen and oxygen atoms in total. The number of rotatable bonds is 5. The summed E-state index contributed by atoms with van der Waals surface area (Å²) in [5.41, 5.74) is 7.94. The van der Waals surface area contributed by atoms with Crippen LogP contribution in [0.4, 0.5) is 0 Å². The highest BCUT2D eigenvalue weighted by Gasteiger charge is 2.26. The van der Waals surface area contributed by atoms with Crippen LogP contribution in [-0.2, 0) is 9.53 Å². The molecule has 1 unspecified atom stereocenters. The highest BCUT2D eigenvalue weighted by Crippen LogP contribution is 2.34. The summed E-state index contributed by atoms with van der Waals surface area (Å²) in [6, 6.07) is 14.4. The average Bonchev–Trinajstić information content (AvgIpc) is 3.43. The van der Waals surface area contributed by atoms with Crippen LogP contribution in [0.15, 0.2) is 61.1 Å². The number of aromatic nitrogens is 4. The lowest BCUT2D eigenvalue weighted by Crippen LogP contribution is -2.35. The van der Waals surface area contributed by atoms with Crippen LogP contribution in [0.5, 0.6) is 0 Å². The number of H-pyrrole nitrogens is 1. The molecule has 2 aliphatic rings. The van der Waals surface area contributed by atoms with E-state index in [2.05, 4.69) is 44.5 Å². The molecule has 0 saturated carbocycles. The number of piperidine rings is 1. The summed E-state index contributed by atoms with van der Waals surface area (Å²) in [4.78, 5) is 29.9. The van der Waals surface area contributed by atoms with Crippen LogP contribution in [0.1, 0.15) is 43.4 Å². The van der Waals surface area contributed by atoms with Crippen molar-refractivity contribution < 1.29 is 9.53 Å². The molecule has 2 N–H and O–H groups in total. The number of carbonyl (C=O) groups excluding carboxylic acids is 1. The summed E-state index contributed by atoms with van der Waals surface area (Å²) in [7, 11) is 0. The number of hydrogen-bond donors (Lipinski definition) is 2. The van der Waals surface area contributed by atoms with Crippen LogP contribution in [-0.4, -0.2) is 45.1 Å². The minimum Gasteiger partial charge on any atom is -0.462 e. The second-order valence-corrected chi connectivity index (χ2v) is 10.0. The molecule has 3 aromatic heterocycles. The number of benzene rings is 1. The molecule has 1 fully saturated rings. The molecular formula is C30H31N5O2. The quantitative estimate of drug-likeness (QED) is 0.358. The first kappa shape index (κ1) is 23.6. The van der Waals surface area contributed by atoms with Gasteiger partial charge in [0.15, 0.2) is 0 Å². The van der Waals surface area contributed by atoms with Crippen molar-refractivity contribution >= 4 is 22.4 Å². The lowest BCUT2D eigenvalue weighted by atomic mass is 9.86. The van der Waals surface area contributed by atoms with Gasteiger partial charge in [0.05, 0.1) is 34.8 Å². The monoisotopic (exact) mass is 493 g/mol. The first-order chi connectivity index (χ1) is 18.1. The van der Waals surface area contributed by atoms with Crippen LogP contribution >= 0.6 is 0 Å². The fourth-order valence-electron chi connectivity index (χ4n) is 5.33. The molecular weight excluding hydrogens is 462 g/mol. The van der Waals surface area contributed by atoms with Crippen LogP contribution in [0.2, 0.25) is 0 Å². The zero-order valence-corrected chi connectivity index (χ0v) is 21.0. The Labute approximate surface area is 216 Å². The van der Waals surface area contributed by atoms with Gasteiger partial charge in [-0.3, -0.25) is 14.8 Å². The molecule has 1 aliphatic heterocycles. The lowest BCUT2D eigenvalue weighted by molar-refractivity contribution is -0.155. The predicted molar refractivity (Wildman–Crippen MR) is 145 cm³/mol. The van der Waals surface area contributed by atoms with Crippen molar-refractivity contribution in [3.63, 3.8) is 0 Å². The van der Waals surface area contributed by atoms with Crippen molar-refractivity contribution in [3.8, 4) is 22.6 Å². The number of aromatic amines is 1. The van der Waals surface area contributed by atoms with E-state index in [4.69, 9.17) is 9.72 Å². The number of hydrogen-bond acceptors (Lipinski definition) is 6. The molecule has 37 heavy (non-hydrogen) atoms. The van der Waals surface area contributed by atoms with Crippen molar-refractivity contribution in [1.82, 2.24) is 25.3 Å². The fourth-order valence-corrected chi connectivity index (χ4v) is 5.33. The number of imidazole rings is 1. The Kier molecular flexibility index (Phi) is 6.53. The smallest absolute Gasteiger partial charge is 0.309 e. The predicted octanol–water partition coefficient (Wildman–Crippen LogP) is 5.47. The van der Waals surface area contributed by atoms with Crippen molar-refractivity contribution in [2.24, 2.45) is 5.92 Å². The van der Waals surface area contributed by atoms with Gasteiger partial charge in [-0.1, -0.05) is 18.2 Å². The third kappa shape index (κ3) is 5.04. The highest BCUT2D eigenvalue weighted by molar-refractivity contribution is 5.89. The van der Waals surface area contributed by atoms with E-state index in [1.165, 1.54) is 5.57 Å². The molecule has 4 aromatic rings. The second kappa shape index (κ2) is 10.3. The number of esters is 1. The summed E-state index contributed by atoms with van der Waals surface area (Å²) in [6.45, 7) is 3.84.